The molecule has 5 nitrogen and oxygen atoms in total. The zero-order valence-electron chi connectivity index (χ0n) is 12.8. The number of benzene rings is 1. The van der Waals surface area contributed by atoms with Gasteiger partial charge in [0.05, 0.1) is 0 Å². The first-order chi connectivity index (χ1) is 9.97. The van der Waals surface area contributed by atoms with Crippen LogP contribution in [0.4, 0.5) is 11.5 Å². The summed E-state index contributed by atoms with van der Waals surface area (Å²) in [5.74, 6) is 1.09. The maximum Gasteiger partial charge on any atom is 0.270 e. The average Bonchev–Trinajstić information content (AvgIpc) is 2.46. The van der Waals surface area contributed by atoms with Crippen LogP contribution in [0, 0.1) is 6.92 Å². The molecular formula is C16H20N4O. The molecule has 0 fully saturated rings. The number of aromatic nitrogens is 2. The molecule has 1 aromatic carbocycles. The summed E-state index contributed by atoms with van der Waals surface area (Å²) in [5, 5.41) is 2.84. The van der Waals surface area contributed by atoms with E-state index in [1.807, 2.05) is 56.1 Å². The minimum atomic E-state index is -0.182. The third kappa shape index (κ3) is 3.78. The molecule has 0 atom stereocenters. The Morgan fingerprint density at radius 1 is 1.19 bits per heavy atom. The second-order valence-electron chi connectivity index (χ2n) is 5.18. The molecule has 0 radical (unpaired) electrons. The highest BCUT2D eigenvalue weighted by Crippen LogP contribution is 2.21. The van der Waals surface area contributed by atoms with E-state index in [2.05, 4.69) is 15.3 Å². The number of para-hydroxylation sites is 1. The highest BCUT2D eigenvalue weighted by atomic mass is 16.1. The molecule has 1 N–H and O–H groups in total. The molecular weight excluding hydrogens is 264 g/mol. The fourth-order valence-corrected chi connectivity index (χ4v) is 1.96. The topological polar surface area (TPSA) is 58.1 Å². The summed E-state index contributed by atoms with van der Waals surface area (Å²) in [7, 11) is 1.92. The molecule has 1 aromatic heterocycles. The quantitative estimate of drug-likeness (QED) is 0.937. The number of nitrogens with zero attached hydrogens (tertiary/aromatic N) is 3. The number of nitrogens with one attached hydrogen (secondary N) is 1. The number of hydrogen-bond acceptors (Lipinski definition) is 4. The van der Waals surface area contributed by atoms with E-state index >= 15 is 0 Å². The zero-order valence-corrected chi connectivity index (χ0v) is 12.8. The first-order valence-corrected chi connectivity index (χ1v) is 6.92. The van der Waals surface area contributed by atoms with Crippen LogP contribution in [0.15, 0.2) is 36.4 Å². The fourth-order valence-electron chi connectivity index (χ4n) is 1.96. The number of hydrogen-bond donors (Lipinski definition) is 1. The van der Waals surface area contributed by atoms with Crippen molar-refractivity contribution < 1.29 is 4.79 Å². The molecule has 0 unspecified atom stereocenters. The lowest BCUT2D eigenvalue weighted by molar-refractivity contribution is 0.0937. The Morgan fingerprint density at radius 3 is 2.48 bits per heavy atom. The van der Waals surface area contributed by atoms with Crippen molar-refractivity contribution in [3.8, 4) is 0 Å². The molecule has 1 amide bonds. The van der Waals surface area contributed by atoms with Crippen LogP contribution in [0.25, 0.3) is 0 Å². The Labute approximate surface area is 125 Å². The minimum absolute atomic E-state index is 0.0723. The average molecular weight is 284 g/mol. The van der Waals surface area contributed by atoms with Crippen LogP contribution in [-0.4, -0.2) is 29.0 Å². The predicted molar refractivity (Wildman–Crippen MR) is 83.9 cm³/mol. The SMILES string of the molecule is Cc1nc(C(=O)NC(C)C)cc(N(C)c2ccccc2)n1. The van der Waals surface area contributed by atoms with Gasteiger partial charge in [0.2, 0.25) is 0 Å². The normalized spacial score (nSPS) is 10.5. The van der Waals surface area contributed by atoms with Crippen molar-refractivity contribution >= 4 is 17.4 Å². The predicted octanol–water partition coefficient (Wildman–Crippen LogP) is 2.69. The summed E-state index contributed by atoms with van der Waals surface area (Å²) in [4.78, 5) is 22.6. The molecule has 1 heterocycles. The van der Waals surface area contributed by atoms with Gasteiger partial charge in [-0.25, -0.2) is 9.97 Å². The lowest BCUT2D eigenvalue weighted by atomic mass is 10.2. The van der Waals surface area contributed by atoms with Crippen LogP contribution < -0.4 is 10.2 Å². The standard InChI is InChI=1S/C16H20N4O/c1-11(2)17-16(21)14-10-15(19-12(3)18-14)20(4)13-8-6-5-7-9-13/h5-11H,1-4H3,(H,17,21). The Hall–Kier alpha value is -2.43. The molecule has 110 valence electrons. The number of amides is 1. The van der Waals surface area contributed by atoms with Crippen molar-refractivity contribution in [1.29, 1.82) is 0 Å². The summed E-state index contributed by atoms with van der Waals surface area (Å²) in [6.45, 7) is 5.63. The molecule has 0 bridgehead atoms. The van der Waals surface area contributed by atoms with Crippen LogP contribution in [-0.2, 0) is 0 Å². The van der Waals surface area contributed by atoms with Gasteiger partial charge in [0.1, 0.15) is 17.3 Å². The maximum atomic E-state index is 12.1. The van der Waals surface area contributed by atoms with E-state index in [0.29, 0.717) is 17.3 Å². The van der Waals surface area contributed by atoms with E-state index < -0.39 is 0 Å². The minimum Gasteiger partial charge on any atom is -0.349 e. The van der Waals surface area contributed by atoms with E-state index in [1.54, 1.807) is 13.0 Å². The Morgan fingerprint density at radius 2 is 1.86 bits per heavy atom. The first kappa shape index (κ1) is 15.0. The number of carbonyl (C=O) groups is 1. The molecule has 0 saturated heterocycles. The van der Waals surface area contributed by atoms with Crippen molar-refractivity contribution in [2.45, 2.75) is 26.8 Å². The molecule has 0 saturated carbocycles. The molecule has 0 aliphatic rings. The smallest absolute Gasteiger partial charge is 0.270 e. The molecule has 2 aromatic rings. The van der Waals surface area contributed by atoms with E-state index in [9.17, 15) is 4.79 Å². The van der Waals surface area contributed by atoms with Gasteiger partial charge >= 0.3 is 0 Å². The van der Waals surface area contributed by atoms with Gasteiger partial charge < -0.3 is 10.2 Å². The molecule has 0 aliphatic heterocycles. The van der Waals surface area contributed by atoms with Gasteiger partial charge in [-0.05, 0) is 32.9 Å². The Bertz CT molecular complexity index is 625. The molecule has 0 aliphatic carbocycles. The Kier molecular flexibility index (Phi) is 4.52. The number of aryl methyl sites for hydroxylation is 1. The molecule has 0 spiro atoms. The summed E-state index contributed by atoms with van der Waals surface area (Å²) in [6, 6.07) is 11.7. The lowest BCUT2D eigenvalue weighted by Gasteiger charge is -2.19. The molecule has 5 heteroatoms. The van der Waals surface area contributed by atoms with Crippen LogP contribution in [0.1, 0.15) is 30.2 Å². The van der Waals surface area contributed by atoms with Crippen molar-refractivity contribution in [3.63, 3.8) is 0 Å². The Balaban J connectivity index is 2.33. The van der Waals surface area contributed by atoms with Gasteiger partial charge in [0.15, 0.2) is 0 Å². The van der Waals surface area contributed by atoms with Crippen molar-refractivity contribution in [3.05, 3.63) is 47.9 Å². The van der Waals surface area contributed by atoms with Gasteiger partial charge in [-0.2, -0.15) is 0 Å². The van der Waals surface area contributed by atoms with Crippen LogP contribution in [0.3, 0.4) is 0 Å². The number of rotatable bonds is 4. The van der Waals surface area contributed by atoms with Gasteiger partial charge in [0.25, 0.3) is 5.91 Å². The highest BCUT2D eigenvalue weighted by Gasteiger charge is 2.14. The van der Waals surface area contributed by atoms with Gasteiger partial charge in [-0.1, -0.05) is 18.2 Å². The van der Waals surface area contributed by atoms with Crippen LogP contribution >= 0.6 is 0 Å². The maximum absolute atomic E-state index is 12.1. The van der Waals surface area contributed by atoms with Gasteiger partial charge in [-0.15, -0.1) is 0 Å². The van der Waals surface area contributed by atoms with Crippen molar-refractivity contribution in [1.82, 2.24) is 15.3 Å². The first-order valence-electron chi connectivity index (χ1n) is 6.92. The van der Waals surface area contributed by atoms with Crippen LogP contribution in [0.5, 0.6) is 0 Å². The van der Waals surface area contributed by atoms with E-state index in [1.165, 1.54) is 0 Å². The third-order valence-corrected chi connectivity index (χ3v) is 2.96. The van der Waals surface area contributed by atoms with Gasteiger partial charge in [-0.3, -0.25) is 4.79 Å². The summed E-state index contributed by atoms with van der Waals surface area (Å²) < 4.78 is 0. The summed E-state index contributed by atoms with van der Waals surface area (Å²) >= 11 is 0. The summed E-state index contributed by atoms with van der Waals surface area (Å²) in [5.41, 5.74) is 1.39. The second-order valence-corrected chi connectivity index (χ2v) is 5.18. The monoisotopic (exact) mass is 284 g/mol. The fraction of sp³-hybridized carbons (Fsp3) is 0.312. The largest absolute Gasteiger partial charge is 0.349 e. The summed E-state index contributed by atoms with van der Waals surface area (Å²) in [6.07, 6.45) is 0. The lowest BCUT2D eigenvalue weighted by Crippen LogP contribution is -2.31. The molecule has 21 heavy (non-hydrogen) atoms. The molecule has 2 rings (SSSR count). The van der Waals surface area contributed by atoms with E-state index in [0.717, 1.165) is 5.69 Å². The van der Waals surface area contributed by atoms with Crippen molar-refractivity contribution in [2.75, 3.05) is 11.9 Å². The van der Waals surface area contributed by atoms with E-state index in [-0.39, 0.29) is 11.9 Å². The number of anilines is 2. The highest BCUT2D eigenvalue weighted by molar-refractivity contribution is 5.93. The van der Waals surface area contributed by atoms with Crippen molar-refractivity contribution in [2.24, 2.45) is 0 Å². The van der Waals surface area contributed by atoms with E-state index in [4.69, 9.17) is 0 Å². The second kappa shape index (κ2) is 6.35. The third-order valence-electron chi connectivity index (χ3n) is 2.96. The zero-order chi connectivity index (χ0) is 15.4. The number of carbonyl (C=O) groups excluding carboxylic acids is 1. The van der Waals surface area contributed by atoms with Gasteiger partial charge in [0, 0.05) is 24.8 Å². The van der Waals surface area contributed by atoms with Crippen LogP contribution in [0.2, 0.25) is 0 Å².